The largest absolute Gasteiger partial charge is 0.543 e. The maximum absolute atomic E-state index is 14.3. The summed E-state index contributed by atoms with van der Waals surface area (Å²) in [6, 6.07) is 11.2. The molecule has 1 amide bonds. The lowest BCUT2D eigenvalue weighted by Crippen LogP contribution is -2.44. The molecule has 1 fully saturated rings. The van der Waals surface area contributed by atoms with Crippen molar-refractivity contribution in [2.75, 3.05) is 18.6 Å². The van der Waals surface area contributed by atoms with Crippen LogP contribution in [0.3, 0.4) is 0 Å². The Hall–Kier alpha value is -3.82. The van der Waals surface area contributed by atoms with Crippen LogP contribution in [0, 0.1) is 17.8 Å². The van der Waals surface area contributed by atoms with E-state index in [4.69, 9.17) is 32.8 Å². The number of carbonyl (C=O) groups is 2. The van der Waals surface area contributed by atoms with E-state index in [9.17, 15) is 9.59 Å². The summed E-state index contributed by atoms with van der Waals surface area (Å²) in [5.41, 5.74) is 1.36. The van der Waals surface area contributed by atoms with Gasteiger partial charge in [0.25, 0.3) is 8.32 Å². The smallest absolute Gasteiger partial charge is 0.414 e. The first-order valence-electron chi connectivity index (χ1n) is 18.9. The van der Waals surface area contributed by atoms with E-state index in [0.717, 1.165) is 11.3 Å². The van der Waals surface area contributed by atoms with E-state index in [2.05, 4.69) is 45.7 Å². The third-order valence-electron chi connectivity index (χ3n) is 10.0. The van der Waals surface area contributed by atoms with E-state index in [1.165, 1.54) is 4.90 Å². The molecule has 0 aliphatic carbocycles. The van der Waals surface area contributed by atoms with Gasteiger partial charge in [-0.25, -0.2) is 9.59 Å². The van der Waals surface area contributed by atoms with Crippen LogP contribution < -0.4 is 14.1 Å². The van der Waals surface area contributed by atoms with E-state index < -0.39 is 56.2 Å². The predicted molar refractivity (Wildman–Crippen MR) is 214 cm³/mol. The molecule has 10 nitrogen and oxygen atoms in total. The number of cyclic esters (lactones) is 1. The monoisotopic (exact) mass is 763 g/mol. The van der Waals surface area contributed by atoms with Crippen LogP contribution in [0.5, 0.6) is 11.5 Å². The topological polar surface area (TPSA) is 102 Å². The second-order valence-electron chi connectivity index (χ2n) is 17.1. The normalized spacial score (nSPS) is 23.7. The zero-order chi connectivity index (χ0) is 40.2. The summed E-state index contributed by atoms with van der Waals surface area (Å²) in [7, 11) is -0.885. The Morgan fingerprint density at radius 3 is 2.28 bits per heavy atom. The molecule has 2 heterocycles. The summed E-state index contributed by atoms with van der Waals surface area (Å²) in [6.45, 7) is 26.2. The second kappa shape index (κ2) is 16.9. The van der Waals surface area contributed by atoms with Gasteiger partial charge in [0.1, 0.15) is 47.1 Å². The van der Waals surface area contributed by atoms with E-state index in [-0.39, 0.29) is 22.9 Å². The fraction of sp³-hybridized carbons (Fsp3) is 0.581. The maximum atomic E-state index is 14.3. The second-order valence-corrected chi connectivity index (χ2v) is 21.8. The Bertz CT molecular complexity index is 1730. The molecule has 0 bridgehead atoms. The molecule has 2 aromatic carbocycles. The SMILES string of the molecule is CCN(C(=O)OC(C)(C)C)c1cc2c(c(O[Si](C)(C)C(C)(C)C)c1)C(=O)O[C@@H](C)[C@H](C)/C=C\[C@@H](OCc1ccc(OC)cc1)[C@H]1OC(C)(C)O[C@H]1CC#C2. The molecule has 0 radical (unpaired) electrons. The molecule has 11 heteroatoms. The Morgan fingerprint density at radius 2 is 1.69 bits per heavy atom. The van der Waals surface area contributed by atoms with Crippen molar-refractivity contribution in [1.82, 2.24) is 0 Å². The zero-order valence-corrected chi connectivity index (χ0v) is 35.7. The van der Waals surface area contributed by atoms with Crippen LogP contribution in [0.2, 0.25) is 18.1 Å². The van der Waals surface area contributed by atoms with Gasteiger partial charge in [0.2, 0.25) is 0 Å². The Labute approximate surface area is 323 Å². The number of nitrogens with zero attached hydrogens (tertiary/aromatic N) is 1. The van der Waals surface area contributed by atoms with Crippen molar-refractivity contribution < 1.29 is 42.4 Å². The molecule has 4 rings (SSSR count). The highest BCUT2D eigenvalue weighted by Crippen LogP contribution is 2.41. The number of ether oxygens (including phenoxy) is 6. The van der Waals surface area contributed by atoms with Gasteiger partial charge in [0, 0.05) is 30.5 Å². The van der Waals surface area contributed by atoms with Crippen LogP contribution in [0.1, 0.15) is 104 Å². The fourth-order valence-electron chi connectivity index (χ4n) is 5.81. The minimum absolute atomic E-state index is 0.192. The van der Waals surface area contributed by atoms with Gasteiger partial charge >= 0.3 is 12.1 Å². The number of anilines is 1. The number of fused-ring (bicyclic) bond motifs is 2. The number of methoxy groups -OCH3 is 1. The molecule has 2 aromatic rings. The van der Waals surface area contributed by atoms with Gasteiger partial charge in [-0.3, -0.25) is 4.90 Å². The highest BCUT2D eigenvalue weighted by Gasteiger charge is 2.45. The van der Waals surface area contributed by atoms with Crippen molar-refractivity contribution in [1.29, 1.82) is 0 Å². The van der Waals surface area contributed by atoms with Crippen molar-refractivity contribution in [3.05, 3.63) is 65.2 Å². The lowest BCUT2D eigenvalue weighted by molar-refractivity contribution is -0.156. The molecule has 0 N–H and O–H groups in total. The molecule has 1 saturated heterocycles. The maximum Gasteiger partial charge on any atom is 0.414 e. The van der Waals surface area contributed by atoms with Crippen LogP contribution >= 0.6 is 0 Å². The first-order valence-corrected chi connectivity index (χ1v) is 21.8. The fourth-order valence-corrected chi connectivity index (χ4v) is 6.82. The molecule has 296 valence electrons. The summed E-state index contributed by atoms with van der Waals surface area (Å²) in [5, 5.41) is -0.192. The third kappa shape index (κ3) is 10.9. The van der Waals surface area contributed by atoms with E-state index in [1.54, 1.807) is 19.2 Å². The van der Waals surface area contributed by atoms with Gasteiger partial charge < -0.3 is 32.8 Å². The van der Waals surface area contributed by atoms with E-state index in [1.807, 2.05) is 91.8 Å². The summed E-state index contributed by atoms with van der Waals surface area (Å²) in [6.07, 6.45) is 1.77. The zero-order valence-electron chi connectivity index (χ0n) is 34.7. The highest BCUT2D eigenvalue weighted by atomic mass is 28.4. The number of benzene rings is 2. The summed E-state index contributed by atoms with van der Waals surface area (Å²) in [4.78, 5) is 29.4. The van der Waals surface area contributed by atoms with Crippen molar-refractivity contribution >= 4 is 26.1 Å². The summed E-state index contributed by atoms with van der Waals surface area (Å²) >= 11 is 0. The van der Waals surface area contributed by atoms with Crippen molar-refractivity contribution in [2.45, 2.75) is 143 Å². The van der Waals surface area contributed by atoms with Gasteiger partial charge in [-0.05, 0) is 90.4 Å². The molecule has 0 saturated carbocycles. The molecule has 54 heavy (non-hydrogen) atoms. The van der Waals surface area contributed by atoms with E-state index >= 15 is 0 Å². The Kier molecular flexibility index (Phi) is 13.4. The van der Waals surface area contributed by atoms with Crippen molar-refractivity contribution in [2.24, 2.45) is 5.92 Å². The summed E-state index contributed by atoms with van der Waals surface area (Å²) in [5.74, 6) is 6.01. The van der Waals surface area contributed by atoms with Gasteiger partial charge in [-0.1, -0.05) is 63.8 Å². The van der Waals surface area contributed by atoms with Crippen LogP contribution in [-0.4, -0.2) is 69.8 Å². The average molecular weight is 764 g/mol. The molecule has 2 aliphatic rings. The van der Waals surface area contributed by atoms with Gasteiger partial charge in [0.15, 0.2) is 5.79 Å². The van der Waals surface area contributed by atoms with Crippen LogP contribution in [0.25, 0.3) is 0 Å². The van der Waals surface area contributed by atoms with Crippen LogP contribution in [0.4, 0.5) is 10.5 Å². The predicted octanol–water partition coefficient (Wildman–Crippen LogP) is 9.44. The standard InChI is InChI=1S/C43H61NO9Si/c1-15-44(40(46)52-41(4,5)6)32-25-31-17-16-18-35-38(51-43(10,11)50-35)34(48-27-30-20-22-33(47-12)23-21-30)24-19-28(2)29(3)49-39(45)37(31)36(26-32)53-54(13,14)42(7,8)9/h19-26,28-29,34-35,38H,15,18,27H2,1-14H3/b24-19-/t28-,29+,34-,35+,38-/m1/s1. The quantitative estimate of drug-likeness (QED) is 0.113. The van der Waals surface area contributed by atoms with Crippen molar-refractivity contribution in [3.8, 4) is 23.3 Å². The molecule has 0 spiro atoms. The molecule has 2 aliphatic heterocycles. The number of rotatable bonds is 8. The number of carbonyl (C=O) groups excluding carboxylic acids is 2. The molecule has 5 atom stereocenters. The first-order chi connectivity index (χ1) is 25.0. The van der Waals surface area contributed by atoms with E-state index in [0.29, 0.717) is 30.2 Å². The molecule has 0 unspecified atom stereocenters. The summed E-state index contributed by atoms with van der Waals surface area (Å²) < 4.78 is 43.6. The Morgan fingerprint density at radius 1 is 1.02 bits per heavy atom. The lowest BCUT2D eigenvalue weighted by Gasteiger charge is -2.37. The van der Waals surface area contributed by atoms with Crippen molar-refractivity contribution in [3.63, 3.8) is 0 Å². The molecular formula is C43H61NO9Si. The average Bonchev–Trinajstić information content (AvgIpc) is 3.36. The molecular weight excluding hydrogens is 703 g/mol. The van der Waals surface area contributed by atoms with Gasteiger partial charge in [-0.15, -0.1) is 0 Å². The number of hydrogen-bond acceptors (Lipinski definition) is 9. The number of amides is 1. The third-order valence-corrected chi connectivity index (χ3v) is 14.4. The molecule has 0 aromatic heterocycles. The number of hydrogen-bond donors (Lipinski definition) is 0. The van der Waals surface area contributed by atoms with Crippen LogP contribution in [0.15, 0.2) is 48.6 Å². The van der Waals surface area contributed by atoms with Gasteiger partial charge in [-0.2, -0.15) is 0 Å². The van der Waals surface area contributed by atoms with Crippen LogP contribution in [-0.2, 0) is 30.3 Å². The minimum Gasteiger partial charge on any atom is -0.543 e. The Balaban J connectivity index is 1.85. The minimum atomic E-state index is -2.52. The highest BCUT2D eigenvalue weighted by molar-refractivity contribution is 6.74. The lowest BCUT2D eigenvalue weighted by atomic mass is 9.99. The first kappa shape index (κ1) is 42.9. The number of esters is 1. The van der Waals surface area contributed by atoms with Gasteiger partial charge in [0.05, 0.1) is 19.4 Å².